The van der Waals surface area contributed by atoms with E-state index in [-0.39, 0.29) is 11.5 Å². The predicted octanol–water partition coefficient (Wildman–Crippen LogP) is 2.85. The van der Waals surface area contributed by atoms with Crippen LogP contribution < -0.4 is 10.9 Å². The molecule has 0 unspecified atom stereocenters. The van der Waals surface area contributed by atoms with Gasteiger partial charge in [0.15, 0.2) is 0 Å². The van der Waals surface area contributed by atoms with Gasteiger partial charge in [0, 0.05) is 18.5 Å². The minimum Gasteiger partial charge on any atom is -0.310 e. The molecule has 3 aromatic rings. The minimum absolute atomic E-state index is 0.149. The first-order valence-electron chi connectivity index (χ1n) is 7.60. The number of amides is 1. The van der Waals surface area contributed by atoms with Crippen molar-refractivity contribution in [2.45, 2.75) is 13.5 Å². The molecule has 5 nitrogen and oxygen atoms in total. The molecule has 2 aromatic heterocycles. The fourth-order valence-electron chi connectivity index (χ4n) is 2.30. The summed E-state index contributed by atoms with van der Waals surface area (Å²) in [7, 11) is 0. The second-order valence-corrected chi connectivity index (χ2v) is 5.54. The molecule has 3 rings (SSSR count). The Morgan fingerprint density at radius 2 is 1.88 bits per heavy atom. The van der Waals surface area contributed by atoms with Gasteiger partial charge in [0.25, 0.3) is 11.5 Å². The van der Waals surface area contributed by atoms with Crippen LogP contribution in [0.3, 0.4) is 0 Å². The lowest BCUT2D eigenvalue weighted by molar-refractivity contribution is 0.102. The van der Waals surface area contributed by atoms with Gasteiger partial charge in [-0.25, -0.2) is 4.98 Å². The third-order valence-corrected chi connectivity index (χ3v) is 3.59. The molecule has 0 radical (unpaired) electrons. The molecule has 5 heteroatoms. The number of anilines is 1. The van der Waals surface area contributed by atoms with E-state index in [9.17, 15) is 9.59 Å². The van der Waals surface area contributed by atoms with E-state index in [1.807, 2.05) is 43.3 Å². The second-order valence-electron chi connectivity index (χ2n) is 5.54. The number of hydrogen-bond donors (Lipinski definition) is 1. The van der Waals surface area contributed by atoms with Crippen LogP contribution in [0, 0.1) is 6.92 Å². The number of carbonyl (C=O) groups excluding carboxylic acids is 1. The zero-order valence-electron chi connectivity index (χ0n) is 13.3. The Kier molecular flexibility index (Phi) is 4.52. The number of carbonyl (C=O) groups is 1. The molecule has 0 fully saturated rings. The van der Waals surface area contributed by atoms with Crippen LogP contribution in [0.1, 0.15) is 21.5 Å². The van der Waals surface area contributed by atoms with Gasteiger partial charge in [0.05, 0.1) is 12.1 Å². The number of pyridine rings is 2. The third-order valence-electron chi connectivity index (χ3n) is 3.59. The maximum atomic E-state index is 12.3. The van der Waals surface area contributed by atoms with E-state index < -0.39 is 0 Å². The zero-order chi connectivity index (χ0) is 16.9. The number of aromatic nitrogens is 2. The van der Waals surface area contributed by atoms with Crippen LogP contribution in [0.5, 0.6) is 0 Å². The standard InChI is InChI=1S/C19H17N3O2/c1-14-7-9-17(20-11-14)21-19(24)16-8-10-18(23)22(13-16)12-15-5-3-2-4-6-15/h2-11,13H,12H2,1H3,(H,20,21,24). The topological polar surface area (TPSA) is 64.0 Å². The van der Waals surface area contributed by atoms with Crippen LogP contribution in [0.15, 0.2) is 71.8 Å². The summed E-state index contributed by atoms with van der Waals surface area (Å²) in [4.78, 5) is 28.5. The molecule has 0 spiro atoms. The first-order chi connectivity index (χ1) is 11.6. The van der Waals surface area contributed by atoms with Crippen molar-refractivity contribution in [2.24, 2.45) is 0 Å². The van der Waals surface area contributed by atoms with Crippen molar-refractivity contribution in [1.29, 1.82) is 0 Å². The van der Waals surface area contributed by atoms with E-state index in [0.717, 1.165) is 11.1 Å². The molecule has 0 aliphatic heterocycles. The second kappa shape index (κ2) is 6.91. The summed E-state index contributed by atoms with van der Waals surface area (Å²) < 4.78 is 1.52. The summed E-state index contributed by atoms with van der Waals surface area (Å²) >= 11 is 0. The predicted molar refractivity (Wildman–Crippen MR) is 93.2 cm³/mol. The van der Waals surface area contributed by atoms with E-state index >= 15 is 0 Å². The van der Waals surface area contributed by atoms with Crippen molar-refractivity contribution in [3.05, 3.63) is 94.0 Å². The Morgan fingerprint density at radius 3 is 2.58 bits per heavy atom. The Balaban J connectivity index is 1.81. The molecule has 1 aromatic carbocycles. The van der Waals surface area contributed by atoms with Crippen molar-refractivity contribution in [1.82, 2.24) is 9.55 Å². The van der Waals surface area contributed by atoms with Crippen LogP contribution in [0.2, 0.25) is 0 Å². The van der Waals surface area contributed by atoms with Gasteiger partial charge < -0.3 is 9.88 Å². The van der Waals surface area contributed by atoms with Gasteiger partial charge in [0.1, 0.15) is 5.82 Å². The quantitative estimate of drug-likeness (QED) is 0.804. The van der Waals surface area contributed by atoms with Gasteiger partial charge in [-0.2, -0.15) is 0 Å². The van der Waals surface area contributed by atoms with Crippen molar-refractivity contribution in [3.63, 3.8) is 0 Å². The lowest BCUT2D eigenvalue weighted by Gasteiger charge is -2.09. The highest BCUT2D eigenvalue weighted by molar-refractivity contribution is 6.03. The maximum absolute atomic E-state index is 12.3. The Morgan fingerprint density at radius 1 is 1.08 bits per heavy atom. The molecule has 0 aliphatic carbocycles. The van der Waals surface area contributed by atoms with E-state index in [0.29, 0.717) is 17.9 Å². The van der Waals surface area contributed by atoms with E-state index in [4.69, 9.17) is 0 Å². The van der Waals surface area contributed by atoms with Crippen molar-refractivity contribution in [3.8, 4) is 0 Å². The van der Waals surface area contributed by atoms with E-state index in [2.05, 4.69) is 10.3 Å². The van der Waals surface area contributed by atoms with Gasteiger partial charge in [0.2, 0.25) is 0 Å². The lowest BCUT2D eigenvalue weighted by Crippen LogP contribution is -2.22. The number of rotatable bonds is 4. The number of benzene rings is 1. The van der Waals surface area contributed by atoms with Gasteiger partial charge in [-0.3, -0.25) is 9.59 Å². The maximum Gasteiger partial charge on any atom is 0.258 e. The summed E-state index contributed by atoms with van der Waals surface area (Å²) in [5, 5.41) is 2.73. The molecule has 0 aliphatic rings. The molecular formula is C19H17N3O2. The van der Waals surface area contributed by atoms with Crippen molar-refractivity contribution < 1.29 is 4.79 Å². The first-order valence-corrected chi connectivity index (χ1v) is 7.60. The van der Waals surface area contributed by atoms with Gasteiger partial charge in [-0.1, -0.05) is 36.4 Å². The minimum atomic E-state index is -0.298. The largest absolute Gasteiger partial charge is 0.310 e. The van der Waals surface area contributed by atoms with Gasteiger partial charge >= 0.3 is 0 Å². The smallest absolute Gasteiger partial charge is 0.258 e. The molecule has 120 valence electrons. The summed E-state index contributed by atoms with van der Waals surface area (Å²) in [5.41, 5.74) is 2.28. The summed E-state index contributed by atoms with van der Waals surface area (Å²) in [6, 6.07) is 16.2. The summed E-state index contributed by atoms with van der Waals surface area (Å²) in [6.07, 6.45) is 3.25. The lowest BCUT2D eigenvalue weighted by atomic mass is 10.2. The monoisotopic (exact) mass is 319 g/mol. The molecule has 24 heavy (non-hydrogen) atoms. The van der Waals surface area contributed by atoms with E-state index in [1.165, 1.54) is 16.7 Å². The average molecular weight is 319 g/mol. The van der Waals surface area contributed by atoms with Gasteiger partial charge in [-0.05, 0) is 30.2 Å². The molecule has 2 heterocycles. The molecular weight excluding hydrogens is 302 g/mol. The normalized spacial score (nSPS) is 10.4. The number of aryl methyl sites for hydroxylation is 1. The van der Waals surface area contributed by atoms with Crippen LogP contribution in [0.4, 0.5) is 5.82 Å². The molecule has 0 saturated heterocycles. The molecule has 0 saturated carbocycles. The highest BCUT2D eigenvalue weighted by Crippen LogP contribution is 2.07. The highest BCUT2D eigenvalue weighted by Gasteiger charge is 2.09. The van der Waals surface area contributed by atoms with Crippen LogP contribution >= 0.6 is 0 Å². The molecule has 1 amide bonds. The average Bonchev–Trinajstić information content (AvgIpc) is 2.60. The van der Waals surface area contributed by atoms with Crippen LogP contribution in [0.25, 0.3) is 0 Å². The third kappa shape index (κ3) is 3.76. The summed E-state index contributed by atoms with van der Waals surface area (Å²) in [5.74, 6) is 0.180. The van der Waals surface area contributed by atoms with Crippen LogP contribution in [-0.4, -0.2) is 15.5 Å². The Bertz CT molecular complexity index is 900. The van der Waals surface area contributed by atoms with Crippen LogP contribution in [-0.2, 0) is 6.54 Å². The number of nitrogens with one attached hydrogen (secondary N) is 1. The SMILES string of the molecule is Cc1ccc(NC(=O)c2ccc(=O)n(Cc3ccccc3)c2)nc1. The van der Waals surface area contributed by atoms with E-state index in [1.54, 1.807) is 18.5 Å². The fraction of sp³-hybridized carbons (Fsp3) is 0.105. The number of nitrogens with zero attached hydrogens (tertiary/aromatic N) is 2. The fourth-order valence-corrected chi connectivity index (χ4v) is 2.30. The Hall–Kier alpha value is -3.21. The molecule has 0 atom stereocenters. The molecule has 1 N–H and O–H groups in total. The summed E-state index contributed by atoms with van der Waals surface area (Å²) in [6.45, 7) is 2.35. The highest BCUT2D eigenvalue weighted by atomic mass is 16.2. The Labute approximate surface area is 139 Å². The van der Waals surface area contributed by atoms with Crippen molar-refractivity contribution in [2.75, 3.05) is 5.32 Å². The zero-order valence-corrected chi connectivity index (χ0v) is 13.3. The first kappa shape index (κ1) is 15.7. The van der Waals surface area contributed by atoms with Crippen molar-refractivity contribution >= 4 is 11.7 Å². The molecule has 0 bridgehead atoms. The van der Waals surface area contributed by atoms with Gasteiger partial charge in [-0.15, -0.1) is 0 Å². The number of hydrogen-bond acceptors (Lipinski definition) is 3.